The van der Waals surface area contributed by atoms with Crippen molar-refractivity contribution < 1.29 is 0 Å². The molecule has 0 bridgehead atoms. The zero-order valence-corrected chi connectivity index (χ0v) is 10.4. The van der Waals surface area contributed by atoms with Crippen LogP contribution in [0.1, 0.15) is 19.8 Å². The quantitative estimate of drug-likeness (QED) is 0.756. The molecule has 1 heterocycles. The lowest BCUT2D eigenvalue weighted by Crippen LogP contribution is -2.22. The number of anilines is 3. The van der Waals surface area contributed by atoms with Crippen LogP contribution >= 0.6 is 0 Å². The molecule has 1 rings (SSSR count). The number of unbranched alkanes of at least 4 members (excludes halogenated alkanes) is 1. The molecule has 1 aromatic heterocycles. The van der Waals surface area contributed by atoms with Gasteiger partial charge in [0.25, 0.3) is 0 Å². The Hall–Kier alpha value is -1.59. The van der Waals surface area contributed by atoms with E-state index in [-0.39, 0.29) is 0 Å². The maximum absolute atomic E-state index is 4.31. The molecule has 0 atom stereocenters. The predicted molar refractivity (Wildman–Crippen MR) is 67.1 cm³/mol. The van der Waals surface area contributed by atoms with Gasteiger partial charge in [0, 0.05) is 27.7 Å². The molecule has 0 radical (unpaired) electrons. The summed E-state index contributed by atoms with van der Waals surface area (Å²) in [4.78, 5) is 14.8. The summed E-state index contributed by atoms with van der Waals surface area (Å²) in [7, 11) is 5.58. The average Bonchev–Trinajstić information content (AvgIpc) is 2.35. The number of aromatic nitrogens is 3. The van der Waals surface area contributed by atoms with Crippen LogP contribution < -0.4 is 15.5 Å². The monoisotopic (exact) mass is 224 g/mol. The van der Waals surface area contributed by atoms with Gasteiger partial charge in [-0.25, -0.2) is 0 Å². The van der Waals surface area contributed by atoms with Gasteiger partial charge in [-0.2, -0.15) is 15.0 Å². The van der Waals surface area contributed by atoms with Crippen molar-refractivity contribution >= 4 is 17.8 Å². The lowest BCUT2D eigenvalue weighted by Gasteiger charge is -2.17. The van der Waals surface area contributed by atoms with Crippen molar-refractivity contribution in [3.63, 3.8) is 0 Å². The minimum Gasteiger partial charge on any atom is -0.357 e. The largest absolute Gasteiger partial charge is 0.357 e. The van der Waals surface area contributed by atoms with Crippen LogP contribution in [-0.2, 0) is 0 Å². The van der Waals surface area contributed by atoms with Crippen molar-refractivity contribution in [2.24, 2.45) is 0 Å². The topological polar surface area (TPSA) is 66.0 Å². The van der Waals surface area contributed by atoms with Crippen LogP contribution in [0.4, 0.5) is 17.8 Å². The van der Waals surface area contributed by atoms with Crippen LogP contribution in [0.15, 0.2) is 0 Å². The first-order valence-corrected chi connectivity index (χ1v) is 5.54. The van der Waals surface area contributed by atoms with E-state index < -0.39 is 0 Å². The number of rotatable bonds is 6. The highest BCUT2D eigenvalue weighted by molar-refractivity contribution is 5.42. The molecule has 0 saturated heterocycles. The van der Waals surface area contributed by atoms with E-state index in [2.05, 4.69) is 32.5 Å². The van der Waals surface area contributed by atoms with Gasteiger partial charge in [-0.15, -0.1) is 0 Å². The van der Waals surface area contributed by atoms with Crippen LogP contribution in [0.5, 0.6) is 0 Å². The second kappa shape index (κ2) is 6.09. The normalized spacial score (nSPS) is 10.0. The summed E-state index contributed by atoms with van der Waals surface area (Å²) in [6.45, 7) is 3.12. The van der Waals surface area contributed by atoms with Gasteiger partial charge in [-0.3, -0.25) is 0 Å². The van der Waals surface area contributed by atoms with Crippen LogP contribution in [0.25, 0.3) is 0 Å². The lowest BCUT2D eigenvalue weighted by atomic mass is 10.3. The summed E-state index contributed by atoms with van der Waals surface area (Å²) in [5, 5.41) is 5.85. The van der Waals surface area contributed by atoms with Gasteiger partial charge in [-0.05, 0) is 6.42 Å². The highest BCUT2D eigenvalue weighted by atomic mass is 15.3. The molecule has 1 aromatic rings. The third-order valence-corrected chi connectivity index (χ3v) is 2.26. The Kier molecular flexibility index (Phi) is 4.75. The van der Waals surface area contributed by atoms with Crippen molar-refractivity contribution in [2.45, 2.75) is 19.8 Å². The van der Waals surface area contributed by atoms with Crippen molar-refractivity contribution in [2.75, 3.05) is 43.2 Å². The van der Waals surface area contributed by atoms with Gasteiger partial charge >= 0.3 is 0 Å². The Bertz CT molecular complexity index is 305. The summed E-state index contributed by atoms with van der Waals surface area (Å²) in [5.41, 5.74) is 0. The maximum Gasteiger partial charge on any atom is 0.231 e. The fourth-order valence-electron chi connectivity index (χ4n) is 1.25. The maximum atomic E-state index is 4.31. The van der Waals surface area contributed by atoms with Crippen LogP contribution in [-0.4, -0.2) is 42.6 Å². The molecule has 6 heteroatoms. The first kappa shape index (κ1) is 12.5. The summed E-state index contributed by atoms with van der Waals surface area (Å²) in [6.07, 6.45) is 2.29. The van der Waals surface area contributed by atoms with Gasteiger partial charge < -0.3 is 15.5 Å². The van der Waals surface area contributed by atoms with Gasteiger partial charge in [-0.1, -0.05) is 13.3 Å². The summed E-state index contributed by atoms with van der Waals surface area (Å²) in [6, 6.07) is 0. The van der Waals surface area contributed by atoms with Gasteiger partial charge in [0.1, 0.15) is 0 Å². The minimum absolute atomic E-state index is 0.581. The average molecular weight is 224 g/mol. The summed E-state index contributed by atoms with van der Waals surface area (Å²) in [5.74, 6) is 1.85. The molecule has 2 N–H and O–H groups in total. The number of nitrogens with zero attached hydrogens (tertiary/aromatic N) is 4. The number of nitrogens with one attached hydrogen (secondary N) is 2. The second-order valence-corrected chi connectivity index (χ2v) is 3.56. The molecule has 0 saturated carbocycles. The fraction of sp³-hybridized carbons (Fsp3) is 0.700. The molecule has 16 heavy (non-hydrogen) atoms. The standard InChI is InChI=1S/C10H20N6/c1-5-6-7-16(4)10-14-8(11-2)13-9(12-3)15-10/h5-7H2,1-4H3,(H2,11,12,13,14,15). The summed E-state index contributed by atoms with van der Waals surface area (Å²) < 4.78 is 0. The molecule has 0 aromatic carbocycles. The number of hydrogen-bond donors (Lipinski definition) is 2. The molecule has 0 fully saturated rings. The Morgan fingerprint density at radius 3 is 2.06 bits per heavy atom. The molecule has 0 aliphatic heterocycles. The van der Waals surface area contributed by atoms with E-state index >= 15 is 0 Å². The van der Waals surface area contributed by atoms with Crippen LogP contribution in [0.2, 0.25) is 0 Å². The van der Waals surface area contributed by atoms with Gasteiger partial charge in [0.05, 0.1) is 0 Å². The first-order chi connectivity index (χ1) is 7.71. The predicted octanol–water partition coefficient (Wildman–Crippen LogP) is 1.19. The molecular weight excluding hydrogens is 204 g/mol. The first-order valence-electron chi connectivity index (χ1n) is 5.54. The molecule has 0 aliphatic rings. The Morgan fingerprint density at radius 1 is 1.06 bits per heavy atom. The molecule has 0 amide bonds. The zero-order valence-electron chi connectivity index (χ0n) is 10.4. The fourth-order valence-corrected chi connectivity index (χ4v) is 1.25. The SMILES string of the molecule is CCCCN(C)c1nc(NC)nc(NC)n1. The van der Waals surface area contributed by atoms with E-state index in [1.807, 2.05) is 11.9 Å². The van der Waals surface area contributed by atoms with Crippen molar-refractivity contribution in [3.05, 3.63) is 0 Å². The third kappa shape index (κ3) is 3.22. The Morgan fingerprint density at radius 2 is 1.62 bits per heavy atom. The molecule has 0 aliphatic carbocycles. The minimum atomic E-state index is 0.581. The molecular formula is C10H20N6. The Balaban J connectivity index is 2.85. The Labute approximate surface area is 96.5 Å². The van der Waals surface area contributed by atoms with E-state index in [1.165, 1.54) is 0 Å². The molecule has 6 nitrogen and oxygen atoms in total. The number of hydrogen-bond acceptors (Lipinski definition) is 6. The molecule has 0 unspecified atom stereocenters. The third-order valence-electron chi connectivity index (χ3n) is 2.26. The van der Waals surface area contributed by atoms with Gasteiger partial charge in [0.15, 0.2) is 0 Å². The van der Waals surface area contributed by atoms with Gasteiger partial charge in [0.2, 0.25) is 17.8 Å². The highest BCUT2D eigenvalue weighted by Crippen LogP contribution is 2.12. The van der Waals surface area contributed by atoms with Crippen molar-refractivity contribution in [1.82, 2.24) is 15.0 Å². The van der Waals surface area contributed by atoms with E-state index in [0.29, 0.717) is 17.8 Å². The van der Waals surface area contributed by atoms with E-state index in [9.17, 15) is 0 Å². The highest BCUT2D eigenvalue weighted by Gasteiger charge is 2.08. The van der Waals surface area contributed by atoms with Crippen molar-refractivity contribution in [3.8, 4) is 0 Å². The molecule has 90 valence electrons. The lowest BCUT2D eigenvalue weighted by molar-refractivity contribution is 0.748. The molecule has 0 spiro atoms. The van der Waals surface area contributed by atoms with Crippen molar-refractivity contribution in [1.29, 1.82) is 0 Å². The van der Waals surface area contributed by atoms with E-state index in [1.54, 1.807) is 14.1 Å². The van der Waals surface area contributed by atoms with Crippen LogP contribution in [0.3, 0.4) is 0 Å². The smallest absolute Gasteiger partial charge is 0.231 e. The second-order valence-electron chi connectivity index (χ2n) is 3.56. The van der Waals surface area contributed by atoms with E-state index in [4.69, 9.17) is 0 Å². The van der Waals surface area contributed by atoms with Crippen LogP contribution in [0, 0.1) is 0 Å². The van der Waals surface area contributed by atoms with E-state index in [0.717, 1.165) is 19.4 Å². The summed E-state index contributed by atoms with van der Waals surface area (Å²) >= 11 is 0. The zero-order chi connectivity index (χ0) is 12.0.